The summed E-state index contributed by atoms with van der Waals surface area (Å²) in [4.78, 5) is 11.2. The fourth-order valence-corrected chi connectivity index (χ4v) is 2.49. The van der Waals surface area contributed by atoms with Gasteiger partial charge in [-0.15, -0.1) is 0 Å². The maximum atomic E-state index is 11.2. The first kappa shape index (κ1) is 16.6. The van der Waals surface area contributed by atoms with E-state index >= 15 is 0 Å². The van der Waals surface area contributed by atoms with Crippen LogP contribution in [0, 0.1) is 5.41 Å². The second-order valence-electron chi connectivity index (χ2n) is 6.31. The lowest BCUT2D eigenvalue weighted by atomic mass is 9.86. The third-order valence-corrected chi connectivity index (χ3v) is 3.87. The van der Waals surface area contributed by atoms with E-state index in [1.807, 2.05) is 18.2 Å². The van der Waals surface area contributed by atoms with Crippen molar-refractivity contribution in [3.05, 3.63) is 23.8 Å². The number of benzene rings is 1. The molecule has 1 fully saturated rings. The Labute approximate surface area is 131 Å². The van der Waals surface area contributed by atoms with E-state index in [2.05, 4.69) is 0 Å². The smallest absolute Gasteiger partial charge is 0.309 e. The molecule has 0 bridgehead atoms. The van der Waals surface area contributed by atoms with Gasteiger partial charge < -0.3 is 19.3 Å². The molecule has 1 aliphatic rings. The maximum absolute atomic E-state index is 11.2. The zero-order valence-electron chi connectivity index (χ0n) is 13.4. The molecule has 1 aromatic carbocycles. The van der Waals surface area contributed by atoms with Crippen LogP contribution >= 0.6 is 0 Å². The monoisotopic (exact) mass is 308 g/mol. The standard InChI is InChI=1S/C17H24O5/c1-17(2,16(18)19)10-12-6-7-14(15(9-12)20-3)22-13-5-4-8-21-11-13/h6-7,9,13H,4-5,8,10-11H2,1-3H3,(H,18,19). The molecule has 1 aliphatic heterocycles. The molecule has 5 heteroatoms. The largest absolute Gasteiger partial charge is 0.493 e. The molecule has 2 rings (SSSR count). The molecule has 1 unspecified atom stereocenters. The molecule has 0 aliphatic carbocycles. The number of rotatable bonds is 6. The topological polar surface area (TPSA) is 65.0 Å². The summed E-state index contributed by atoms with van der Waals surface area (Å²) in [5, 5.41) is 9.23. The normalized spacial score (nSPS) is 18.8. The molecule has 1 N–H and O–H groups in total. The Kier molecular flexibility index (Phi) is 5.29. The molecule has 1 atom stereocenters. The van der Waals surface area contributed by atoms with Crippen molar-refractivity contribution in [3.8, 4) is 11.5 Å². The van der Waals surface area contributed by atoms with Crippen molar-refractivity contribution in [3.63, 3.8) is 0 Å². The number of carboxylic acids is 1. The van der Waals surface area contributed by atoms with Gasteiger partial charge in [0.15, 0.2) is 11.5 Å². The summed E-state index contributed by atoms with van der Waals surface area (Å²) in [5.41, 5.74) is 0.0985. The van der Waals surface area contributed by atoms with Crippen LogP contribution in [0.15, 0.2) is 18.2 Å². The van der Waals surface area contributed by atoms with Crippen molar-refractivity contribution < 1.29 is 24.1 Å². The molecule has 122 valence electrons. The Morgan fingerprint density at radius 1 is 1.41 bits per heavy atom. The minimum Gasteiger partial charge on any atom is -0.493 e. The van der Waals surface area contributed by atoms with Gasteiger partial charge in [0.1, 0.15) is 6.10 Å². The van der Waals surface area contributed by atoms with Crippen molar-refractivity contribution in [1.29, 1.82) is 0 Å². The van der Waals surface area contributed by atoms with Crippen LogP contribution in [0.1, 0.15) is 32.3 Å². The zero-order chi connectivity index (χ0) is 16.2. The van der Waals surface area contributed by atoms with Crippen LogP contribution in [0.3, 0.4) is 0 Å². The SMILES string of the molecule is COc1cc(CC(C)(C)C(=O)O)ccc1OC1CCCOC1. The first-order valence-corrected chi connectivity index (χ1v) is 7.57. The highest BCUT2D eigenvalue weighted by Crippen LogP contribution is 2.32. The Morgan fingerprint density at radius 3 is 2.77 bits per heavy atom. The van der Waals surface area contributed by atoms with Gasteiger partial charge in [-0.25, -0.2) is 0 Å². The number of ether oxygens (including phenoxy) is 3. The highest BCUT2D eigenvalue weighted by Gasteiger charge is 2.28. The average Bonchev–Trinajstić information content (AvgIpc) is 2.49. The quantitative estimate of drug-likeness (QED) is 0.875. The summed E-state index contributed by atoms with van der Waals surface area (Å²) >= 11 is 0. The number of hydrogen-bond donors (Lipinski definition) is 1. The molecule has 5 nitrogen and oxygen atoms in total. The highest BCUT2D eigenvalue weighted by molar-refractivity contribution is 5.74. The first-order valence-electron chi connectivity index (χ1n) is 7.57. The third kappa shape index (κ3) is 4.13. The Morgan fingerprint density at radius 2 is 2.18 bits per heavy atom. The summed E-state index contributed by atoms with van der Waals surface area (Å²) < 4.78 is 16.7. The van der Waals surface area contributed by atoms with Gasteiger partial charge in [-0.1, -0.05) is 6.07 Å². The van der Waals surface area contributed by atoms with Gasteiger partial charge in [0.05, 0.1) is 19.1 Å². The summed E-state index contributed by atoms with van der Waals surface area (Å²) in [6.07, 6.45) is 2.45. The van der Waals surface area contributed by atoms with Crippen LogP contribution in [-0.2, 0) is 16.0 Å². The minimum atomic E-state index is -0.815. The molecule has 1 heterocycles. The molecule has 1 saturated heterocycles. The van der Waals surface area contributed by atoms with Crippen LogP contribution in [0.2, 0.25) is 0 Å². The van der Waals surface area contributed by atoms with E-state index in [1.165, 1.54) is 0 Å². The molecular formula is C17H24O5. The van der Waals surface area contributed by atoms with Crippen molar-refractivity contribution in [2.45, 2.75) is 39.2 Å². The van der Waals surface area contributed by atoms with Gasteiger partial charge >= 0.3 is 5.97 Å². The van der Waals surface area contributed by atoms with Gasteiger partial charge in [-0.2, -0.15) is 0 Å². The molecule has 0 aromatic heterocycles. The second-order valence-corrected chi connectivity index (χ2v) is 6.31. The Hall–Kier alpha value is -1.75. The predicted molar refractivity (Wildman–Crippen MR) is 82.6 cm³/mol. The Bertz CT molecular complexity index is 518. The number of hydrogen-bond acceptors (Lipinski definition) is 4. The van der Waals surface area contributed by atoms with E-state index in [9.17, 15) is 9.90 Å². The van der Waals surface area contributed by atoms with Crippen molar-refractivity contribution in [2.75, 3.05) is 20.3 Å². The van der Waals surface area contributed by atoms with Crippen LogP contribution < -0.4 is 9.47 Å². The van der Waals surface area contributed by atoms with Crippen LogP contribution in [0.4, 0.5) is 0 Å². The van der Waals surface area contributed by atoms with Gasteiger partial charge in [0.25, 0.3) is 0 Å². The number of aliphatic carboxylic acids is 1. The highest BCUT2D eigenvalue weighted by atomic mass is 16.5. The van der Waals surface area contributed by atoms with E-state index in [0.29, 0.717) is 24.5 Å². The van der Waals surface area contributed by atoms with E-state index in [-0.39, 0.29) is 6.10 Å². The summed E-state index contributed by atoms with van der Waals surface area (Å²) in [5.74, 6) is 0.491. The van der Waals surface area contributed by atoms with Crippen LogP contribution in [0.25, 0.3) is 0 Å². The van der Waals surface area contributed by atoms with Gasteiger partial charge in [0, 0.05) is 6.61 Å². The van der Waals surface area contributed by atoms with E-state index in [4.69, 9.17) is 14.2 Å². The van der Waals surface area contributed by atoms with E-state index in [0.717, 1.165) is 25.0 Å². The molecular weight excluding hydrogens is 284 g/mol. The lowest BCUT2D eigenvalue weighted by Crippen LogP contribution is -2.28. The first-order chi connectivity index (χ1) is 10.4. The maximum Gasteiger partial charge on any atom is 0.309 e. The van der Waals surface area contributed by atoms with Crippen molar-refractivity contribution >= 4 is 5.97 Å². The number of methoxy groups -OCH3 is 1. The van der Waals surface area contributed by atoms with E-state index < -0.39 is 11.4 Å². The van der Waals surface area contributed by atoms with Crippen LogP contribution in [-0.4, -0.2) is 37.5 Å². The number of carboxylic acid groups (broad SMARTS) is 1. The lowest BCUT2D eigenvalue weighted by Gasteiger charge is -2.25. The van der Waals surface area contributed by atoms with Gasteiger partial charge in [-0.3, -0.25) is 4.79 Å². The summed E-state index contributed by atoms with van der Waals surface area (Å²) in [6.45, 7) is 4.81. The lowest BCUT2D eigenvalue weighted by molar-refractivity contribution is -0.146. The van der Waals surface area contributed by atoms with Gasteiger partial charge in [0.2, 0.25) is 0 Å². The Balaban J connectivity index is 2.11. The number of carbonyl (C=O) groups is 1. The molecule has 0 amide bonds. The second kappa shape index (κ2) is 7.01. The summed E-state index contributed by atoms with van der Waals surface area (Å²) in [6, 6.07) is 5.59. The fourth-order valence-electron chi connectivity index (χ4n) is 2.49. The minimum absolute atomic E-state index is 0.0453. The molecule has 1 aromatic rings. The molecule has 0 saturated carbocycles. The fraction of sp³-hybridized carbons (Fsp3) is 0.588. The van der Waals surface area contributed by atoms with Gasteiger partial charge in [-0.05, 0) is 50.8 Å². The van der Waals surface area contributed by atoms with Crippen molar-refractivity contribution in [2.24, 2.45) is 5.41 Å². The molecule has 0 radical (unpaired) electrons. The van der Waals surface area contributed by atoms with Crippen molar-refractivity contribution in [1.82, 2.24) is 0 Å². The third-order valence-electron chi connectivity index (χ3n) is 3.87. The van der Waals surface area contributed by atoms with Crippen LogP contribution in [0.5, 0.6) is 11.5 Å². The zero-order valence-corrected chi connectivity index (χ0v) is 13.4. The van der Waals surface area contributed by atoms with E-state index in [1.54, 1.807) is 21.0 Å². The average molecular weight is 308 g/mol. The summed E-state index contributed by atoms with van der Waals surface area (Å²) in [7, 11) is 1.59. The predicted octanol–water partition coefficient (Wildman–Crippen LogP) is 2.91. The molecule has 0 spiro atoms. The molecule has 22 heavy (non-hydrogen) atoms.